The number of hydrogen-bond acceptors (Lipinski definition) is 5. The number of aryl methyl sites for hydroxylation is 3. The van der Waals surface area contributed by atoms with Gasteiger partial charge in [-0.1, -0.05) is 0 Å². The van der Waals surface area contributed by atoms with E-state index in [1.165, 1.54) is 11.8 Å². The van der Waals surface area contributed by atoms with Crippen LogP contribution >= 0.6 is 0 Å². The molecule has 0 aliphatic rings. The lowest BCUT2D eigenvalue weighted by atomic mass is 10.0. The highest BCUT2D eigenvalue weighted by Crippen LogP contribution is 2.22. The molecule has 2 aromatic heterocycles. The van der Waals surface area contributed by atoms with Crippen LogP contribution in [-0.2, 0) is 29.5 Å². The molecule has 2 rings (SSSR count). The van der Waals surface area contributed by atoms with E-state index < -0.39 is 0 Å². The summed E-state index contributed by atoms with van der Waals surface area (Å²) in [7, 11) is 3.12. The molecule has 0 saturated heterocycles. The second kappa shape index (κ2) is 6.65. The molecule has 0 bridgehead atoms. The van der Waals surface area contributed by atoms with Crippen LogP contribution in [0.25, 0.3) is 11.0 Å². The molecule has 0 amide bonds. The first-order valence-corrected chi connectivity index (χ1v) is 7.41. The molecule has 0 atom stereocenters. The molecule has 0 aliphatic carbocycles. The minimum absolute atomic E-state index is 0.151. The number of nitriles is 1. The van der Waals surface area contributed by atoms with E-state index >= 15 is 0 Å². The zero-order valence-corrected chi connectivity index (χ0v) is 13.8. The predicted octanol–water partition coefficient (Wildman–Crippen LogP) is 1.37. The Bertz CT molecular complexity index is 855. The van der Waals surface area contributed by atoms with E-state index in [0.29, 0.717) is 24.0 Å². The predicted molar refractivity (Wildman–Crippen MR) is 85.0 cm³/mol. The number of hydrogen-bond donors (Lipinski definition) is 0. The first kappa shape index (κ1) is 16.7. The molecule has 7 nitrogen and oxygen atoms in total. The SMILES string of the molecule is COC(=O)CCc1c(C)nc2c(c1C)c(=O)n(CCC#N)n2C. The van der Waals surface area contributed by atoms with Crippen molar-refractivity contribution < 1.29 is 9.53 Å². The van der Waals surface area contributed by atoms with E-state index in [-0.39, 0.29) is 24.4 Å². The first-order valence-electron chi connectivity index (χ1n) is 7.41. The van der Waals surface area contributed by atoms with E-state index in [9.17, 15) is 9.59 Å². The average molecular weight is 316 g/mol. The highest BCUT2D eigenvalue weighted by Gasteiger charge is 2.19. The highest BCUT2D eigenvalue weighted by molar-refractivity contribution is 5.80. The van der Waals surface area contributed by atoms with Crippen LogP contribution in [0, 0.1) is 25.2 Å². The Kier molecular flexibility index (Phi) is 4.84. The molecule has 0 aliphatic heterocycles. The van der Waals surface area contributed by atoms with Crippen LogP contribution in [0.15, 0.2) is 4.79 Å². The van der Waals surface area contributed by atoms with Crippen LogP contribution < -0.4 is 5.56 Å². The Hall–Kier alpha value is -2.62. The molecule has 0 spiro atoms. The summed E-state index contributed by atoms with van der Waals surface area (Å²) in [6, 6.07) is 2.05. The molecule has 122 valence electrons. The van der Waals surface area contributed by atoms with E-state index in [1.807, 2.05) is 19.9 Å². The number of methoxy groups -OCH3 is 1. The van der Waals surface area contributed by atoms with Crippen molar-refractivity contribution in [3.05, 3.63) is 27.2 Å². The van der Waals surface area contributed by atoms with Crippen LogP contribution in [0.3, 0.4) is 0 Å². The number of rotatable bonds is 5. The van der Waals surface area contributed by atoms with E-state index in [1.54, 1.807) is 11.7 Å². The molecule has 0 radical (unpaired) electrons. The number of aromatic nitrogens is 3. The number of pyridine rings is 1. The van der Waals surface area contributed by atoms with Gasteiger partial charge in [0.25, 0.3) is 5.56 Å². The van der Waals surface area contributed by atoms with Gasteiger partial charge in [-0.05, 0) is 31.4 Å². The number of esters is 1. The molecular formula is C16H20N4O3. The molecule has 2 heterocycles. The quantitative estimate of drug-likeness (QED) is 0.777. The molecule has 0 saturated carbocycles. The summed E-state index contributed by atoms with van der Waals surface area (Å²) >= 11 is 0. The summed E-state index contributed by atoms with van der Waals surface area (Å²) in [5, 5.41) is 9.29. The fraction of sp³-hybridized carbons (Fsp3) is 0.500. The Balaban J connectivity index is 2.57. The van der Waals surface area contributed by atoms with Gasteiger partial charge in [0.05, 0.1) is 31.5 Å². The Morgan fingerprint density at radius 3 is 2.70 bits per heavy atom. The van der Waals surface area contributed by atoms with Crippen molar-refractivity contribution in [2.24, 2.45) is 7.05 Å². The molecule has 0 N–H and O–H groups in total. The van der Waals surface area contributed by atoms with Gasteiger partial charge in [-0.25, -0.2) is 9.67 Å². The lowest BCUT2D eigenvalue weighted by Crippen LogP contribution is -2.21. The summed E-state index contributed by atoms with van der Waals surface area (Å²) in [6.07, 6.45) is 0.998. The topological polar surface area (TPSA) is 89.9 Å². The Morgan fingerprint density at radius 1 is 1.39 bits per heavy atom. The maximum Gasteiger partial charge on any atom is 0.305 e. The van der Waals surface area contributed by atoms with Crippen LogP contribution in [0.1, 0.15) is 29.7 Å². The number of ether oxygens (including phenoxy) is 1. The van der Waals surface area contributed by atoms with E-state index in [4.69, 9.17) is 5.26 Å². The number of carbonyl (C=O) groups excluding carboxylic acids is 1. The van der Waals surface area contributed by atoms with Gasteiger partial charge in [-0.2, -0.15) is 5.26 Å². The van der Waals surface area contributed by atoms with Crippen LogP contribution in [0.2, 0.25) is 0 Å². The summed E-state index contributed by atoms with van der Waals surface area (Å²) in [4.78, 5) is 28.5. The largest absolute Gasteiger partial charge is 0.469 e. The van der Waals surface area contributed by atoms with Gasteiger partial charge in [0, 0.05) is 19.2 Å². The second-order valence-electron chi connectivity index (χ2n) is 5.44. The zero-order valence-electron chi connectivity index (χ0n) is 13.8. The van der Waals surface area contributed by atoms with Crippen molar-refractivity contribution in [1.29, 1.82) is 5.26 Å². The fourth-order valence-corrected chi connectivity index (χ4v) is 2.85. The van der Waals surface area contributed by atoms with Crippen molar-refractivity contribution in [2.45, 2.75) is 39.7 Å². The standard InChI is InChI=1S/C16H20N4O3/c1-10-12(6-7-13(21)23-4)11(2)18-15-14(10)16(22)20(19(15)3)9-5-8-17/h5-7,9H2,1-4H3. The highest BCUT2D eigenvalue weighted by atomic mass is 16.5. The van der Waals surface area contributed by atoms with Gasteiger partial charge >= 0.3 is 5.97 Å². The molecule has 2 aromatic rings. The van der Waals surface area contributed by atoms with Gasteiger partial charge in [0.2, 0.25) is 0 Å². The van der Waals surface area contributed by atoms with Crippen molar-refractivity contribution in [1.82, 2.24) is 14.3 Å². The smallest absolute Gasteiger partial charge is 0.305 e. The molecule has 0 fully saturated rings. The third-order valence-electron chi connectivity index (χ3n) is 4.12. The maximum absolute atomic E-state index is 12.6. The molecule has 0 aromatic carbocycles. The lowest BCUT2D eigenvalue weighted by molar-refractivity contribution is -0.140. The monoisotopic (exact) mass is 316 g/mol. The van der Waals surface area contributed by atoms with Crippen molar-refractivity contribution >= 4 is 17.0 Å². The van der Waals surface area contributed by atoms with Gasteiger partial charge in [0.15, 0.2) is 5.65 Å². The van der Waals surface area contributed by atoms with Gasteiger partial charge < -0.3 is 4.74 Å². The third-order valence-corrected chi connectivity index (χ3v) is 4.12. The molecular weight excluding hydrogens is 296 g/mol. The molecule has 23 heavy (non-hydrogen) atoms. The van der Waals surface area contributed by atoms with Gasteiger partial charge in [0.1, 0.15) is 0 Å². The number of carbonyl (C=O) groups is 1. The van der Waals surface area contributed by atoms with Crippen LogP contribution in [0.5, 0.6) is 0 Å². The summed E-state index contributed by atoms with van der Waals surface area (Å²) < 4.78 is 7.89. The minimum atomic E-state index is -0.289. The fourth-order valence-electron chi connectivity index (χ4n) is 2.85. The second-order valence-corrected chi connectivity index (χ2v) is 5.44. The first-order chi connectivity index (χ1) is 10.9. The summed E-state index contributed by atoms with van der Waals surface area (Å²) in [6.45, 7) is 4.08. The van der Waals surface area contributed by atoms with Crippen molar-refractivity contribution in [3.8, 4) is 6.07 Å². The summed E-state index contributed by atoms with van der Waals surface area (Å²) in [5.41, 5.74) is 2.99. The number of nitrogens with zero attached hydrogens (tertiary/aromatic N) is 4. The zero-order chi connectivity index (χ0) is 17.1. The van der Waals surface area contributed by atoms with E-state index in [0.717, 1.165) is 16.8 Å². The van der Waals surface area contributed by atoms with Gasteiger partial charge in [-0.3, -0.25) is 14.3 Å². The minimum Gasteiger partial charge on any atom is -0.469 e. The molecule has 0 unspecified atom stereocenters. The van der Waals surface area contributed by atoms with Crippen molar-refractivity contribution in [3.63, 3.8) is 0 Å². The average Bonchev–Trinajstić information content (AvgIpc) is 2.76. The third kappa shape index (κ3) is 2.97. The van der Waals surface area contributed by atoms with Crippen LogP contribution in [-0.4, -0.2) is 27.4 Å². The van der Waals surface area contributed by atoms with Crippen LogP contribution in [0.4, 0.5) is 0 Å². The summed E-state index contributed by atoms with van der Waals surface area (Å²) in [5.74, 6) is -0.289. The Morgan fingerprint density at radius 2 is 2.09 bits per heavy atom. The maximum atomic E-state index is 12.6. The Labute approximate surface area is 134 Å². The molecule has 7 heteroatoms. The normalized spacial score (nSPS) is 10.7. The van der Waals surface area contributed by atoms with Crippen molar-refractivity contribution in [2.75, 3.05) is 7.11 Å². The lowest BCUT2D eigenvalue weighted by Gasteiger charge is -2.10. The van der Waals surface area contributed by atoms with Gasteiger partial charge in [-0.15, -0.1) is 0 Å². The van der Waals surface area contributed by atoms with E-state index in [2.05, 4.69) is 9.72 Å². The number of fused-ring (bicyclic) bond motifs is 1.